The molecule has 0 N–H and O–H groups in total. The van der Waals surface area contributed by atoms with Crippen LogP contribution in [0.2, 0.25) is 0 Å². The summed E-state index contributed by atoms with van der Waals surface area (Å²) in [5, 5.41) is 0. The van der Waals surface area contributed by atoms with Gasteiger partial charge in [0.05, 0.1) is 45.1 Å². The summed E-state index contributed by atoms with van der Waals surface area (Å²) < 4.78 is 73.3. The molecular weight excluding hydrogens is 711 g/mol. The molecule has 6 aromatic rings. The van der Waals surface area contributed by atoms with Gasteiger partial charge in [0.25, 0.3) is 5.92 Å². The highest BCUT2D eigenvalue weighted by molar-refractivity contribution is 5.32. The quantitative estimate of drug-likeness (QED) is 0.0871. The molecule has 7 rings (SSSR count). The lowest BCUT2D eigenvalue weighted by Crippen LogP contribution is -2.68. The SMILES string of the molecule is FC1(F)C(COCc2ccccc2)[C@@H](OCc2ccccc2)[C@H](OCc2ccccc2)[C@@H](OCc2ccccc2)[C@@H]1Oc1ccc(OCc2ccccc2)cc1. The minimum atomic E-state index is -3.51. The summed E-state index contributed by atoms with van der Waals surface area (Å²) in [5.41, 5.74) is 4.44. The third kappa shape index (κ3) is 10.5. The molecule has 0 aromatic heterocycles. The Morgan fingerprint density at radius 3 is 1.23 bits per heavy atom. The van der Waals surface area contributed by atoms with Crippen LogP contribution in [0.4, 0.5) is 8.78 Å². The van der Waals surface area contributed by atoms with Crippen molar-refractivity contribution in [2.24, 2.45) is 5.92 Å². The third-order valence-electron chi connectivity index (χ3n) is 9.82. The Bertz CT molecular complexity index is 2000. The fourth-order valence-electron chi connectivity index (χ4n) is 6.85. The van der Waals surface area contributed by atoms with Crippen LogP contribution in [0.3, 0.4) is 0 Å². The van der Waals surface area contributed by atoms with Gasteiger partial charge < -0.3 is 28.4 Å². The monoisotopic (exact) mass is 756 g/mol. The fraction of sp³-hybridized carbons (Fsp3) is 0.250. The highest BCUT2D eigenvalue weighted by atomic mass is 19.3. The minimum Gasteiger partial charge on any atom is -0.489 e. The van der Waals surface area contributed by atoms with Crippen molar-refractivity contribution in [1.29, 1.82) is 0 Å². The molecule has 1 fully saturated rings. The lowest BCUT2D eigenvalue weighted by molar-refractivity contribution is -0.298. The second kappa shape index (κ2) is 19.5. The van der Waals surface area contributed by atoms with Gasteiger partial charge in [0.15, 0.2) is 6.10 Å². The van der Waals surface area contributed by atoms with E-state index in [0.717, 1.165) is 27.8 Å². The smallest absolute Gasteiger partial charge is 0.294 e. The molecule has 1 aliphatic carbocycles. The van der Waals surface area contributed by atoms with E-state index in [-0.39, 0.29) is 38.8 Å². The zero-order chi connectivity index (χ0) is 38.4. The van der Waals surface area contributed by atoms with Crippen LogP contribution in [0.1, 0.15) is 27.8 Å². The molecule has 1 aliphatic rings. The number of alkyl halides is 2. The van der Waals surface area contributed by atoms with Gasteiger partial charge in [-0.05, 0) is 52.1 Å². The topological polar surface area (TPSA) is 55.4 Å². The Balaban J connectivity index is 1.22. The van der Waals surface area contributed by atoms with Gasteiger partial charge >= 0.3 is 0 Å². The van der Waals surface area contributed by atoms with Gasteiger partial charge in [0.1, 0.15) is 30.3 Å². The molecule has 1 unspecified atom stereocenters. The van der Waals surface area contributed by atoms with Crippen molar-refractivity contribution in [3.63, 3.8) is 0 Å². The average Bonchev–Trinajstić information content (AvgIpc) is 3.25. The van der Waals surface area contributed by atoms with Crippen molar-refractivity contribution < 1.29 is 37.2 Å². The van der Waals surface area contributed by atoms with Crippen molar-refractivity contribution in [3.05, 3.63) is 204 Å². The van der Waals surface area contributed by atoms with Crippen molar-refractivity contribution in [1.82, 2.24) is 0 Å². The van der Waals surface area contributed by atoms with Gasteiger partial charge in [-0.2, -0.15) is 0 Å². The van der Waals surface area contributed by atoms with Crippen LogP contribution >= 0.6 is 0 Å². The molecule has 0 amide bonds. The summed E-state index contributed by atoms with van der Waals surface area (Å²) in [6.45, 7) is 0.489. The number of hydrogen-bond donors (Lipinski definition) is 0. The van der Waals surface area contributed by atoms with Crippen molar-refractivity contribution in [2.45, 2.75) is 63.4 Å². The maximum Gasteiger partial charge on any atom is 0.294 e. The highest BCUT2D eigenvalue weighted by Crippen LogP contribution is 2.46. The van der Waals surface area contributed by atoms with Crippen LogP contribution in [-0.2, 0) is 52.0 Å². The molecule has 6 nitrogen and oxygen atoms in total. The molecule has 0 radical (unpaired) electrons. The number of rotatable bonds is 18. The molecule has 288 valence electrons. The van der Waals surface area contributed by atoms with E-state index in [1.807, 2.05) is 152 Å². The normalized spacial score (nSPS) is 20.3. The maximum atomic E-state index is 17.6. The lowest BCUT2D eigenvalue weighted by atomic mass is 9.77. The summed E-state index contributed by atoms with van der Waals surface area (Å²) in [5.74, 6) is -4.15. The molecule has 5 atom stereocenters. The maximum absolute atomic E-state index is 17.6. The number of hydrogen-bond acceptors (Lipinski definition) is 6. The van der Waals surface area contributed by atoms with Crippen LogP contribution in [-0.4, -0.2) is 36.9 Å². The summed E-state index contributed by atoms with van der Waals surface area (Å²) >= 11 is 0. The van der Waals surface area contributed by atoms with E-state index in [1.54, 1.807) is 24.3 Å². The van der Waals surface area contributed by atoms with Gasteiger partial charge in [0, 0.05) is 0 Å². The zero-order valence-corrected chi connectivity index (χ0v) is 31.1. The molecule has 6 aromatic carbocycles. The van der Waals surface area contributed by atoms with E-state index in [0.29, 0.717) is 12.4 Å². The second-order valence-corrected chi connectivity index (χ2v) is 13.8. The fourth-order valence-corrected chi connectivity index (χ4v) is 6.85. The standard InChI is InChI=1S/C48H46F2O6/c49-48(50)43(35-51-30-36-16-6-1-7-17-36)44(53-32-38-20-10-3-11-21-38)45(54-33-39-22-12-4-13-23-39)46(55-34-40-24-14-5-15-25-40)47(48)56-42-28-26-41(27-29-42)52-31-37-18-8-2-9-19-37/h1-29,43-47H,30-35H2/t43?,44-,45+,46-,47+/m1/s1. The Kier molecular flexibility index (Phi) is 13.5. The van der Waals surface area contributed by atoms with Crippen molar-refractivity contribution >= 4 is 0 Å². The van der Waals surface area contributed by atoms with Crippen molar-refractivity contribution in [2.75, 3.05) is 6.61 Å². The van der Waals surface area contributed by atoms with E-state index in [2.05, 4.69) is 0 Å². The first kappa shape index (κ1) is 38.9. The van der Waals surface area contributed by atoms with E-state index in [9.17, 15) is 0 Å². The first-order valence-electron chi connectivity index (χ1n) is 18.9. The van der Waals surface area contributed by atoms with Crippen LogP contribution in [0.15, 0.2) is 176 Å². The molecule has 0 spiro atoms. The molecule has 0 bridgehead atoms. The zero-order valence-electron chi connectivity index (χ0n) is 31.1. The average molecular weight is 757 g/mol. The van der Waals surface area contributed by atoms with E-state index < -0.39 is 36.3 Å². The molecule has 0 aliphatic heterocycles. The Morgan fingerprint density at radius 2 is 0.768 bits per heavy atom. The Morgan fingerprint density at radius 1 is 0.393 bits per heavy atom. The van der Waals surface area contributed by atoms with Gasteiger partial charge in [-0.25, -0.2) is 8.78 Å². The highest BCUT2D eigenvalue weighted by Gasteiger charge is 2.64. The van der Waals surface area contributed by atoms with E-state index in [1.165, 1.54) is 0 Å². The van der Waals surface area contributed by atoms with Gasteiger partial charge in [0.2, 0.25) is 0 Å². The molecule has 56 heavy (non-hydrogen) atoms. The number of benzene rings is 6. The van der Waals surface area contributed by atoms with Gasteiger partial charge in [-0.15, -0.1) is 0 Å². The largest absolute Gasteiger partial charge is 0.489 e. The van der Waals surface area contributed by atoms with Gasteiger partial charge in [-0.1, -0.05) is 152 Å². The van der Waals surface area contributed by atoms with Gasteiger partial charge in [-0.3, -0.25) is 0 Å². The summed E-state index contributed by atoms with van der Waals surface area (Å²) in [7, 11) is 0. The lowest BCUT2D eigenvalue weighted by Gasteiger charge is -2.50. The van der Waals surface area contributed by atoms with Crippen LogP contribution < -0.4 is 9.47 Å². The number of halogens is 2. The summed E-state index contributed by atoms with van der Waals surface area (Å²) in [4.78, 5) is 0. The molecular formula is C48H46F2O6. The van der Waals surface area contributed by atoms with Crippen LogP contribution in [0.25, 0.3) is 0 Å². The first-order chi connectivity index (χ1) is 27.5. The molecule has 1 saturated carbocycles. The second-order valence-electron chi connectivity index (χ2n) is 13.8. The molecule has 0 heterocycles. The van der Waals surface area contributed by atoms with Crippen LogP contribution in [0, 0.1) is 5.92 Å². The Labute approximate surface area is 327 Å². The van der Waals surface area contributed by atoms with E-state index in [4.69, 9.17) is 28.4 Å². The van der Waals surface area contributed by atoms with Crippen molar-refractivity contribution in [3.8, 4) is 11.5 Å². The number of ether oxygens (including phenoxy) is 6. The Hall–Kier alpha value is -5.38. The molecule has 0 saturated heterocycles. The summed E-state index contributed by atoms with van der Waals surface area (Å²) in [6.07, 6.45) is -5.15. The first-order valence-corrected chi connectivity index (χ1v) is 18.9. The minimum absolute atomic E-state index is 0.0550. The predicted octanol–water partition coefficient (Wildman–Crippen LogP) is 10.3. The molecule has 8 heteroatoms. The predicted molar refractivity (Wildman–Crippen MR) is 211 cm³/mol. The summed E-state index contributed by atoms with van der Waals surface area (Å²) in [6, 6.07) is 54.6. The third-order valence-corrected chi connectivity index (χ3v) is 9.82. The van der Waals surface area contributed by atoms with E-state index >= 15 is 8.78 Å². The van der Waals surface area contributed by atoms with Crippen LogP contribution in [0.5, 0.6) is 11.5 Å².